The minimum Gasteiger partial charge on any atom is -0.457 e. The van der Waals surface area contributed by atoms with Crippen molar-refractivity contribution in [2.75, 3.05) is 6.61 Å². The number of Topliss-reactive ketones (excluding diaryl/α,β-unsaturated/α-hetero) is 1. The topological polar surface area (TPSA) is 43.4 Å². The predicted octanol–water partition coefficient (Wildman–Crippen LogP) is 2.52. The van der Waals surface area contributed by atoms with Crippen molar-refractivity contribution in [2.45, 2.75) is 13.3 Å². The monoisotopic (exact) mass is 282 g/mol. The van der Waals surface area contributed by atoms with E-state index in [0.29, 0.717) is 0 Å². The summed E-state index contributed by atoms with van der Waals surface area (Å²) in [6.07, 6.45) is -0.107. The lowest BCUT2D eigenvalue weighted by atomic mass is 10.1. The summed E-state index contributed by atoms with van der Waals surface area (Å²) >= 11 is 0. The summed E-state index contributed by atoms with van der Waals surface area (Å²) in [6, 6.07) is 0. The van der Waals surface area contributed by atoms with Gasteiger partial charge in [-0.15, -0.1) is 0 Å². The molecule has 0 atom stereocenters. The number of carbonyl (C=O) groups excluding carboxylic acids is 2. The van der Waals surface area contributed by atoms with Crippen LogP contribution in [0.15, 0.2) is 0 Å². The number of hydrogen-bond donors (Lipinski definition) is 0. The van der Waals surface area contributed by atoms with Crippen LogP contribution in [0.4, 0.5) is 22.0 Å². The third-order valence-electron chi connectivity index (χ3n) is 2.14. The average molecular weight is 282 g/mol. The van der Waals surface area contributed by atoms with E-state index in [4.69, 9.17) is 0 Å². The molecule has 0 bridgehead atoms. The van der Waals surface area contributed by atoms with Crippen LogP contribution in [0.2, 0.25) is 0 Å². The molecular weight excluding hydrogens is 275 g/mol. The van der Waals surface area contributed by atoms with Crippen LogP contribution in [0.5, 0.6) is 0 Å². The first kappa shape index (κ1) is 15.1. The first-order chi connectivity index (χ1) is 8.81. The molecule has 8 heteroatoms. The van der Waals surface area contributed by atoms with Gasteiger partial charge in [-0.1, -0.05) is 6.92 Å². The first-order valence-electron chi connectivity index (χ1n) is 5.01. The van der Waals surface area contributed by atoms with Gasteiger partial charge in [0.1, 0.15) is 0 Å². The molecule has 0 heterocycles. The lowest BCUT2D eigenvalue weighted by molar-refractivity contribution is -0.142. The highest BCUT2D eigenvalue weighted by Crippen LogP contribution is 2.23. The molecule has 1 aromatic carbocycles. The molecule has 1 aromatic rings. The van der Waals surface area contributed by atoms with Gasteiger partial charge in [-0.05, 0) is 0 Å². The molecule has 0 aromatic heterocycles. The molecule has 0 fully saturated rings. The summed E-state index contributed by atoms with van der Waals surface area (Å²) < 4.78 is 68.9. The molecule has 0 saturated heterocycles. The fourth-order valence-corrected chi connectivity index (χ4v) is 1.17. The van der Waals surface area contributed by atoms with E-state index in [1.165, 1.54) is 6.92 Å². The number of esters is 1. The molecular formula is C11H7F5O3. The zero-order valence-electron chi connectivity index (χ0n) is 9.53. The van der Waals surface area contributed by atoms with Gasteiger partial charge in [0.2, 0.25) is 11.6 Å². The van der Waals surface area contributed by atoms with Crippen LogP contribution in [0.25, 0.3) is 0 Å². The van der Waals surface area contributed by atoms with E-state index >= 15 is 0 Å². The van der Waals surface area contributed by atoms with Gasteiger partial charge in [0.25, 0.3) is 0 Å². The molecule has 0 radical (unpaired) electrons. The zero-order valence-corrected chi connectivity index (χ0v) is 9.53. The van der Waals surface area contributed by atoms with Gasteiger partial charge in [-0.25, -0.2) is 22.0 Å². The molecule has 19 heavy (non-hydrogen) atoms. The number of carbonyl (C=O) groups is 2. The maximum Gasteiger partial charge on any atom is 0.305 e. The van der Waals surface area contributed by atoms with Gasteiger partial charge in [-0.3, -0.25) is 9.59 Å². The third-order valence-corrected chi connectivity index (χ3v) is 2.14. The SMILES string of the molecule is CCC(=O)OCC(=O)c1c(F)c(F)c(F)c(F)c1F. The summed E-state index contributed by atoms with van der Waals surface area (Å²) in [5.74, 6) is -13.7. The number of benzene rings is 1. The van der Waals surface area contributed by atoms with Gasteiger partial charge < -0.3 is 4.74 Å². The Bertz CT molecular complexity index is 513. The van der Waals surface area contributed by atoms with E-state index < -0.39 is 53.0 Å². The average Bonchev–Trinajstić information content (AvgIpc) is 2.40. The molecule has 0 N–H and O–H groups in total. The number of ketones is 1. The molecule has 0 amide bonds. The minimum absolute atomic E-state index is 0.107. The largest absolute Gasteiger partial charge is 0.457 e. The van der Waals surface area contributed by atoms with Crippen molar-refractivity contribution < 1.29 is 36.3 Å². The second-order valence-corrected chi connectivity index (χ2v) is 3.38. The van der Waals surface area contributed by atoms with Crippen molar-refractivity contribution in [3.63, 3.8) is 0 Å². The molecule has 1 rings (SSSR count). The summed E-state index contributed by atoms with van der Waals surface area (Å²) in [4.78, 5) is 22.0. The summed E-state index contributed by atoms with van der Waals surface area (Å²) in [5.41, 5.74) is -1.62. The van der Waals surface area contributed by atoms with Crippen molar-refractivity contribution in [2.24, 2.45) is 0 Å². The maximum atomic E-state index is 13.2. The number of hydrogen-bond acceptors (Lipinski definition) is 3. The minimum atomic E-state index is -2.36. The van der Waals surface area contributed by atoms with Crippen molar-refractivity contribution in [3.8, 4) is 0 Å². The fourth-order valence-electron chi connectivity index (χ4n) is 1.17. The Balaban J connectivity index is 3.14. The highest BCUT2D eigenvalue weighted by molar-refractivity contribution is 5.98. The lowest BCUT2D eigenvalue weighted by Crippen LogP contribution is -2.19. The number of ether oxygens (including phenoxy) is 1. The summed E-state index contributed by atoms with van der Waals surface area (Å²) in [7, 11) is 0. The second kappa shape index (κ2) is 5.77. The van der Waals surface area contributed by atoms with Crippen molar-refractivity contribution >= 4 is 11.8 Å². The maximum absolute atomic E-state index is 13.2. The van der Waals surface area contributed by atoms with E-state index in [1.54, 1.807) is 0 Å². The summed E-state index contributed by atoms with van der Waals surface area (Å²) in [5, 5.41) is 0. The molecule has 3 nitrogen and oxygen atoms in total. The van der Waals surface area contributed by atoms with E-state index in [2.05, 4.69) is 4.74 Å². The molecule has 0 aliphatic heterocycles. The molecule has 0 spiro atoms. The molecule has 0 aliphatic rings. The smallest absolute Gasteiger partial charge is 0.305 e. The van der Waals surface area contributed by atoms with Crippen LogP contribution in [-0.4, -0.2) is 18.4 Å². The second-order valence-electron chi connectivity index (χ2n) is 3.38. The highest BCUT2D eigenvalue weighted by atomic mass is 19.2. The Labute approximate surface area is 104 Å². The Morgan fingerprint density at radius 2 is 1.32 bits per heavy atom. The van der Waals surface area contributed by atoms with Gasteiger partial charge in [0, 0.05) is 6.42 Å². The Kier molecular flexibility index (Phi) is 4.57. The van der Waals surface area contributed by atoms with Gasteiger partial charge >= 0.3 is 5.97 Å². The van der Waals surface area contributed by atoms with Crippen molar-refractivity contribution in [3.05, 3.63) is 34.6 Å². The van der Waals surface area contributed by atoms with Crippen LogP contribution in [-0.2, 0) is 9.53 Å². The molecule has 0 unspecified atom stereocenters. The first-order valence-corrected chi connectivity index (χ1v) is 5.01. The van der Waals surface area contributed by atoms with Crippen LogP contribution < -0.4 is 0 Å². The van der Waals surface area contributed by atoms with Crippen molar-refractivity contribution in [1.82, 2.24) is 0 Å². The lowest BCUT2D eigenvalue weighted by Gasteiger charge is -2.07. The van der Waals surface area contributed by atoms with Gasteiger partial charge in [0.05, 0.1) is 5.56 Å². The quantitative estimate of drug-likeness (QED) is 0.280. The number of rotatable bonds is 4. The van der Waals surface area contributed by atoms with Gasteiger partial charge in [-0.2, -0.15) is 0 Å². The van der Waals surface area contributed by atoms with Crippen LogP contribution >= 0.6 is 0 Å². The van der Waals surface area contributed by atoms with E-state index in [-0.39, 0.29) is 6.42 Å². The summed E-state index contributed by atoms with van der Waals surface area (Å²) in [6.45, 7) is 0.288. The Morgan fingerprint density at radius 1 is 0.895 bits per heavy atom. The normalized spacial score (nSPS) is 10.4. The van der Waals surface area contributed by atoms with Crippen LogP contribution in [0, 0.1) is 29.1 Å². The van der Waals surface area contributed by atoms with Crippen LogP contribution in [0.3, 0.4) is 0 Å². The molecule has 0 saturated carbocycles. The van der Waals surface area contributed by atoms with E-state index in [1.807, 2.05) is 0 Å². The Hall–Kier alpha value is -1.99. The van der Waals surface area contributed by atoms with E-state index in [9.17, 15) is 31.5 Å². The predicted molar refractivity (Wildman–Crippen MR) is 51.8 cm³/mol. The third kappa shape index (κ3) is 2.88. The Morgan fingerprint density at radius 3 is 1.74 bits per heavy atom. The highest BCUT2D eigenvalue weighted by Gasteiger charge is 2.29. The van der Waals surface area contributed by atoms with Gasteiger partial charge in [0.15, 0.2) is 29.9 Å². The van der Waals surface area contributed by atoms with Crippen molar-refractivity contribution in [1.29, 1.82) is 0 Å². The van der Waals surface area contributed by atoms with E-state index in [0.717, 1.165) is 0 Å². The fraction of sp³-hybridized carbons (Fsp3) is 0.273. The van der Waals surface area contributed by atoms with Crippen LogP contribution in [0.1, 0.15) is 23.7 Å². The zero-order chi connectivity index (χ0) is 14.7. The number of halogens is 5. The standard InChI is InChI=1S/C11H7F5O3/c1-2-5(18)19-3-4(17)6-7(12)9(14)11(16)10(15)8(6)13/h2-3H2,1H3. The molecule has 104 valence electrons. The molecule has 0 aliphatic carbocycles.